The van der Waals surface area contributed by atoms with E-state index in [-0.39, 0.29) is 0 Å². The molecule has 0 heterocycles. The minimum Gasteiger partial charge on any atom is -0.231 e. The maximum atomic E-state index is 8.81. The summed E-state index contributed by atoms with van der Waals surface area (Å²) in [6.07, 6.45) is 0. The van der Waals surface area contributed by atoms with Gasteiger partial charge in [-0.1, -0.05) is 48.5 Å². The number of hydrogen-bond acceptors (Lipinski definition) is 2. The van der Waals surface area contributed by atoms with Crippen LogP contribution in [0.5, 0.6) is 0 Å². The van der Waals surface area contributed by atoms with Crippen molar-refractivity contribution in [3.05, 3.63) is 59.7 Å². The molecule has 96 valence electrons. The average Bonchev–Trinajstić information content (AvgIpc) is 2.33. The van der Waals surface area contributed by atoms with Crippen LogP contribution in [0, 0.1) is 13.8 Å². The number of nitrogens with two attached hydrogens (primary N) is 1. The van der Waals surface area contributed by atoms with Gasteiger partial charge in [-0.2, -0.15) is 0 Å². The van der Waals surface area contributed by atoms with Crippen LogP contribution >= 0.6 is 0 Å². The highest BCUT2D eigenvalue weighted by Crippen LogP contribution is 2.24. The third-order valence-electron chi connectivity index (χ3n) is 2.69. The first-order valence-corrected chi connectivity index (χ1v) is 6.77. The lowest BCUT2D eigenvalue weighted by molar-refractivity contribution is 0.616. The maximum absolute atomic E-state index is 8.81. The lowest BCUT2D eigenvalue weighted by Gasteiger charge is -2.07. The summed E-state index contributed by atoms with van der Waals surface area (Å²) in [5.74, 6) is 0. The zero-order valence-electron chi connectivity index (χ0n) is 10.5. The zero-order chi connectivity index (χ0) is 13.5. The van der Waals surface area contributed by atoms with Crippen LogP contribution in [0.1, 0.15) is 11.1 Å². The molecule has 0 unspecified atom stereocenters. The molecule has 4 heteroatoms. The van der Waals surface area contributed by atoms with Crippen LogP contribution in [-0.4, -0.2) is 8.42 Å². The highest BCUT2D eigenvalue weighted by Gasteiger charge is 2.01. The molecule has 0 radical (unpaired) electrons. The van der Waals surface area contributed by atoms with Crippen molar-refractivity contribution in [2.75, 3.05) is 0 Å². The van der Waals surface area contributed by atoms with E-state index in [0.717, 1.165) is 0 Å². The molecule has 2 rings (SSSR count). The van der Waals surface area contributed by atoms with Gasteiger partial charge >= 0.3 is 0 Å². The van der Waals surface area contributed by atoms with Gasteiger partial charge in [-0.25, -0.2) is 13.6 Å². The molecule has 2 aromatic rings. The Morgan fingerprint density at radius 2 is 1.44 bits per heavy atom. The van der Waals surface area contributed by atoms with E-state index >= 15 is 0 Å². The molecule has 2 N–H and O–H groups in total. The third kappa shape index (κ3) is 4.31. The smallest absolute Gasteiger partial charge is 0.198 e. The topological polar surface area (TPSA) is 60.2 Å². The first-order chi connectivity index (χ1) is 8.52. The summed E-state index contributed by atoms with van der Waals surface area (Å²) in [5.41, 5.74) is 5.37. The molecule has 0 aromatic heterocycles. The molecule has 0 amide bonds. The number of aryl methyl sites for hydroxylation is 1. The van der Waals surface area contributed by atoms with Gasteiger partial charge in [0, 0.05) is 0 Å². The largest absolute Gasteiger partial charge is 0.231 e. The molecule has 0 aliphatic carbocycles. The van der Waals surface area contributed by atoms with E-state index in [1.165, 1.54) is 22.3 Å². The predicted octanol–water partition coefficient (Wildman–Crippen LogP) is 2.44. The maximum Gasteiger partial charge on any atom is 0.198 e. The molecule has 0 saturated carbocycles. The lowest BCUT2D eigenvalue weighted by atomic mass is 9.97. The van der Waals surface area contributed by atoms with E-state index in [1.54, 1.807) is 0 Å². The van der Waals surface area contributed by atoms with Crippen molar-refractivity contribution >= 4 is 10.9 Å². The van der Waals surface area contributed by atoms with Gasteiger partial charge in [-0.15, -0.1) is 0 Å². The Morgan fingerprint density at radius 3 is 2.00 bits per heavy atom. The van der Waals surface area contributed by atoms with Crippen LogP contribution in [0.25, 0.3) is 11.1 Å². The van der Waals surface area contributed by atoms with Gasteiger partial charge in [0.2, 0.25) is 0 Å². The molecule has 18 heavy (non-hydrogen) atoms. The van der Waals surface area contributed by atoms with Gasteiger partial charge in [0.1, 0.15) is 0 Å². The first kappa shape index (κ1) is 14.4. The van der Waals surface area contributed by atoms with Gasteiger partial charge in [-0.05, 0) is 36.1 Å². The Hall–Kier alpha value is -1.65. The molecule has 0 fully saturated rings. The highest BCUT2D eigenvalue weighted by molar-refractivity contribution is 7.69. The first-order valence-electron chi connectivity index (χ1n) is 5.53. The number of rotatable bonds is 1. The van der Waals surface area contributed by atoms with Crippen molar-refractivity contribution in [2.45, 2.75) is 13.8 Å². The van der Waals surface area contributed by atoms with Crippen molar-refractivity contribution in [3.8, 4) is 11.1 Å². The van der Waals surface area contributed by atoms with Crippen LogP contribution in [0.4, 0.5) is 0 Å². The molecular formula is C14H17NO2S. The standard InChI is InChI=1S/C14H14.H3NO2S/c1-11-7-6-10-14(12(11)2)13-8-4-3-5-9-13;1-4(2)3/h3-10H,1-2H3;4H,(H2,1,2,3). The van der Waals surface area contributed by atoms with Gasteiger partial charge in [-0.3, -0.25) is 0 Å². The number of benzene rings is 2. The monoisotopic (exact) mass is 263 g/mol. The molecule has 0 spiro atoms. The van der Waals surface area contributed by atoms with Crippen LogP contribution in [0.2, 0.25) is 0 Å². The Morgan fingerprint density at radius 1 is 0.889 bits per heavy atom. The Labute approximate surface area is 109 Å². The Bertz CT molecular complexity index is 570. The van der Waals surface area contributed by atoms with E-state index in [1.807, 2.05) is 0 Å². The summed E-state index contributed by atoms with van der Waals surface area (Å²) >= 11 is 0. The summed E-state index contributed by atoms with van der Waals surface area (Å²) in [6.45, 7) is 4.33. The van der Waals surface area contributed by atoms with Gasteiger partial charge in [0.15, 0.2) is 10.9 Å². The van der Waals surface area contributed by atoms with Crippen molar-refractivity contribution in [1.29, 1.82) is 0 Å². The van der Waals surface area contributed by atoms with Crippen LogP contribution in [-0.2, 0) is 10.9 Å². The van der Waals surface area contributed by atoms with Gasteiger partial charge in [0.05, 0.1) is 0 Å². The number of hydrogen-bond donors (Lipinski definition) is 2. The highest BCUT2D eigenvalue weighted by atomic mass is 32.2. The normalized spacial score (nSPS) is 9.78. The fourth-order valence-corrected chi connectivity index (χ4v) is 1.68. The van der Waals surface area contributed by atoms with Crippen molar-refractivity contribution in [3.63, 3.8) is 0 Å². The van der Waals surface area contributed by atoms with E-state index in [9.17, 15) is 0 Å². The van der Waals surface area contributed by atoms with Crippen LogP contribution in [0.3, 0.4) is 0 Å². The lowest BCUT2D eigenvalue weighted by Crippen LogP contribution is -1.85. The minimum atomic E-state index is -2.62. The second-order valence-electron chi connectivity index (χ2n) is 3.90. The summed E-state index contributed by atoms with van der Waals surface area (Å²) in [6, 6.07) is 17.0. The van der Waals surface area contributed by atoms with Crippen molar-refractivity contribution < 1.29 is 8.42 Å². The average molecular weight is 263 g/mol. The van der Waals surface area contributed by atoms with E-state index in [2.05, 4.69) is 67.5 Å². The van der Waals surface area contributed by atoms with Gasteiger partial charge in [0.25, 0.3) is 0 Å². The second-order valence-corrected chi connectivity index (χ2v) is 4.47. The van der Waals surface area contributed by atoms with E-state index < -0.39 is 10.9 Å². The fourth-order valence-electron chi connectivity index (χ4n) is 1.68. The molecule has 0 aliphatic heterocycles. The second kappa shape index (κ2) is 6.93. The third-order valence-corrected chi connectivity index (χ3v) is 2.69. The Kier molecular flexibility index (Phi) is 5.55. The van der Waals surface area contributed by atoms with E-state index in [0.29, 0.717) is 0 Å². The number of thiol groups is 1. The molecule has 0 atom stereocenters. The Balaban J connectivity index is 0.000000357. The minimum absolute atomic E-state index is 1.30. The summed E-state index contributed by atoms with van der Waals surface area (Å²) < 4.78 is 17.6. The van der Waals surface area contributed by atoms with Crippen molar-refractivity contribution in [2.24, 2.45) is 5.14 Å². The zero-order valence-corrected chi connectivity index (χ0v) is 11.4. The van der Waals surface area contributed by atoms with Crippen molar-refractivity contribution in [1.82, 2.24) is 0 Å². The molecule has 0 saturated heterocycles. The summed E-state index contributed by atoms with van der Waals surface area (Å²) in [7, 11) is -2.62. The van der Waals surface area contributed by atoms with Gasteiger partial charge < -0.3 is 0 Å². The molecule has 0 aliphatic rings. The molecular weight excluding hydrogens is 246 g/mol. The van der Waals surface area contributed by atoms with Crippen LogP contribution < -0.4 is 5.14 Å². The molecule has 3 nitrogen and oxygen atoms in total. The summed E-state index contributed by atoms with van der Waals surface area (Å²) in [5, 5.41) is 4.06. The van der Waals surface area contributed by atoms with E-state index in [4.69, 9.17) is 8.42 Å². The molecule has 2 aromatic carbocycles. The summed E-state index contributed by atoms with van der Waals surface area (Å²) in [4.78, 5) is 0. The SMILES string of the molecule is Cc1cccc(-c2ccccc2)c1C.N[SH](=O)=O. The van der Waals surface area contributed by atoms with Crippen LogP contribution in [0.15, 0.2) is 48.5 Å². The quantitative estimate of drug-likeness (QED) is 0.776. The fraction of sp³-hybridized carbons (Fsp3) is 0.143. The molecule has 0 bridgehead atoms. The predicted molar refractivity (Wildman–Crippen MR) is 75.9 cm³/mol.